The Morgan fingerprint density at radius 1 is 0.964 bits per heavy atom. The van der Waals surface area contributed by atoms with Crippen LogP contribution in [0, 0.1) is 5.21 Å². The topological polar surface area (TPSA) is 86.5 Å². The van der Waals surface area contributed by atoms with Gasteiger partial charge in [0.1, 0.15) is 11.3 Å². The van der Waals surface area contributed by atoms with E-state index in [9.17, 15) is 10.4 Å². The Labute approximate surface area is 168 Å². The second-order valence-electron chi connectivity index (χ2n) is 7.47. The van der Waals surface area contributed by atoms with Crippen LogP contribution in [0.2, 0.25) is 0 Å². The van der Waals surface area contributed by atoms with Gasteiger partial charge in [-0.25, -0.2) is 5.21 Å². The van der Waals surface area contributed by atoms with Crippen LogP contribution < -0.4 is 4.43 Å². The molecule has 1 N–H and O–H groups in total. The zero-order valence-corrected chi connectivity index (χ0v) is 18.8. The zero-order valence-electron chi connectivity index (χ0n) is 17.8. The first-order chi connectivity index (χ1) is 13.1. The fraction of sp³-hybridized carbons (Fsp3) is 0.632. The van der Waals surface area contributed by atoms with Gasteiger partial charge in [0, 0.05) is 19.8 Å². The number of benzene rings is 1. The van der Waals surface area contributed by atoms with Crippen LogP contribution in [0.1, 0.15) is 54.0 Å². The van der Waals surface area contributed by atoms with Gasteiger partial charge in [0.2, 0.25) is 0 Å². The van der Waals surface area contributed by atoms with Crippen molar-refractivity contribution in [3.8, 4) is 5.75 Å². The Morgan fingerprint density at radius 2 is 1.43 bits per heavy atom. The summed E-state index contributed by atoms with van der Waals surface area (Å²) < 4.78 is 23.9. The predicted molar refractivity (Wildman–Crippen MR) is 107 cm³/mol. The molecular formula is C19H32N2O6Si. The summed E-state index contributed by atoms with van der Waals surface area (Å²) in [6, 6.07) is 6.86. The molecule has 28 heavy (non-hydrogen) atoms. The number of amidine groups is 1. The molecule has 8 nitrogen and oxygen atoms in total. The van der Waals surface area contributed by atoms with Gasteiger partial charge in [0.25, 0.3) is 0 Å². The molecule has 1 heterocycles. The summed E-state index contributed by atoms with van der Waals surface area (Å²) in [5, 5.41) is 24.5. The first kappa shape index (κ1) is 22.6. The van der Waals surface area contributed by atoms with E-state index in [1.807, 2.05) is 34.6 Å². The lowest BCUT2D eigenvalue weighted by Gasteiger charge is -2.33. The monoisotopic (exact) mass is 412 g/mol. The molecule has 0 unspecified atom stereocenters. The Bertz CT molecular complexity index is 688. The van der Waals surface area contributed by atoms with E-state index < -0.39 is 20.1 Å². The highest BCUT2D eigenvalue weighted by Gasteiger charge is 2.58. The van der Waals surface area contributed by atoms with E-state index in [2.05, 4.69) is 0 Å². The van der Waals surface area contributed by atoms with E-state index in [0.717, 1.165) is 9.80 Å². The molecule has 0 saturated heterocycles. The van der Waals surface area contributed by atoms with Crippen LogP contribution in [-0.2, 0) is 13.3 Å². The zero-order chi connectivity index (χ0) is 21.2. The summed E-state index contributed by atoms with van der Waals surface area (Å²) in [6.07, 6.45) is 0. The fourth-order valence-electron chi connectivity index (χ4n) is 2.92. The van der Waals surface area contributed by atoms with Gasteiger partial charge in [-0.05, 0) is 72.7 Å². The summed E-state index contributed by atoms with van der Waals surface area (Å²) in [5.74, 6) is 0.703. The minimum Gasteiger partial charge on any atom is -0.714 e. The summed E-state index contributed by atoms with van der Waals surface area (Å²) in [5.41, 5.74) is -0.965. The Kier molecular flexibility index (Phi) is 6.77. The minimum atomic E-state index is -3.30. The van der Waals surface area contributed by atoms with Crippen molar-refractivity contribution in [1.29, 1.82) is 0 Å². The number of hydroxylamine groups is 3. The SMILES string of the molecule is CCO[Si](OCC)(OCC)Oc1ccc(C2=[N+]([O-])C(C)(C)C(C)(C)N2O)cc1. The van der Waals surface area contributed by atoms with Crippen molar-refractivity contribution in [3.63, 3.8) is 0 Å². The third-order valence-electron chi connectivity index (χ3n) is 5.25. The van der Waals surface area contributed by atoms with Gasteiger partial charge >= 0.3 is 14.9 Å². The second-order valence-corrected chi connectivity index (χ2v) is 9.54. The first-order valence-corrected chi connectivity index (χ1v) is 11.2. The van der Waals surface area contributed by atoms with E-state index in [0.29, 0.717) is 31.1 Å². The Morgan fingerprint density at radius 3 is 1.79 bits per heavy atom. The maximum Gasteiger partial charge on any atom is 0.749 e. The minimum absolute atomic E-state index is 0.199. The molecule has 0 radical (unpaired) electrons. The van der Waals surface area contributed by atoms with Crippen molar-refractivity contribution in [1.82, 2.24) is 5.06 Å². The maximum atomic E-state index is 12.8. The number of rotatable bonds is 9. The van der Waals surface area contributed by atoms with Gasteiger partial charge in [-0.1, -0.05) is 0 Å². The smallest absolute Gasteiger partial charge is 0.714 e. The molecule has 1 aromatic rings. The highest BCUT2D eigenvalue weighted by molar-refractivity contribution is 6.54. The summed E-state index contributed by atoms with van der Waals surface area (Å²) in [4.78, 5) is 0. The number of nitrogens with zero attached hydrogens (tertiary/aromatic N) is 2. The van der Waals surface area contributed by atoms with Crippen LogP contribution in [-0.4, -0.2) is 60.8 Å². The quantitative estimate of drug-likeness (QED) is 0.379. The van der Waals surface area contributed by atoms with Crippen LogP contribution >= 0.6 is 0 Å². The molecule has 0 spiro atoms. The fourth-order valence-corrected chi connectivity index (χ4v) is 4.84. The van der Waals surface area contributed by atoms with Crippen LogP contribution in [0.3, 0.4) is 0 Å². The van der Waals surface area contributed by atoms with Gasteiger partial charge < -0.3 is 22.9 Å². The summed E-state index contributed by atoms with van der Waals surface area (Å²) in [7, 11) is -3.30. The molecule has 9 heteroatoms. The Balaban J connectivity index is 2.32. The van der Waals surface area contributed by atoms with Gasteiger partial charge in [-0.2, -0.15) is 0 Å². The molecule has 0 amide bonds. The van der Waals surface area contributed by atoms with Crippen LogP contribution in [0.25, 0.3) is 0 Å². The van der Waals surface area contributed by atoms with E-state index >= 15 is 0 Å². The second kappa shape index (κ2) is 8.38. The van der Waals surface area contributed by atoms with Crippen molar-refractivity contribution in [2.24, 2.45) is 0 Å². The molecule has 158 valence electrons. The molecule has 0 aliphatic carbocycles. The lowest BCUT2D eigenvalue weighted by Crippen LogP contribution is -2.53. The molecule has 0 fully saturated rings. The molecule has 1 aromatic carbocycles. The Hall–Kier alpha value is -1.65. The van der Waals surface area contributed by atoms with E-state index in [1.54, 1.807) is 38.1 Å². The van der Waals surface area contributed by atoms with Crippen LogP contribution in [0.5, 0.6) is 5.75 Å². The lowest BCUT2D eigenvalue weighted by atomic mass is 9.84. The normalized spacial score (nSPS) is 18.6. The lowest BCUT2D eigenvalue weighted by molar-refractivity contribution is -0.539. The standard InChI is InChI=1S/C19H32N2O6Si/c1-8-24-28(25-9-2,26-10-3)27-16-13-11-15(12-14-16)17-20(22)18(4,5)19(6,7)21(17)23/h11-14,22H,8-10H2,1-7H3. The third-order valence-corrected chi connectivity index (χ3v) is 7.66. The molecule has 0 aromatic heterocycles. The largest absolute Gasteiger partial charge is 0.749 e. The van der Waals surface area contributed by atoms with Gasteiger partial charge in [0.15, 0.2) is 5.54 Å². The number of hydrogen-bond acceptors (Lipinski definition) is 7. The summed E-state index contributed by atoms with van der Waals surface area (Å²) in [6.45, 7) is 14.0. The summed E-state index contributed by atoms with van der Waals surface area (Å²) >= 11 is 0. The molecule has 0 atom stereocenters. The average Bonchev–Trinajstić information content (AvgIpc) is 2.74. The predicted octanol–water partition coefficient (Wildman–Crippen LogP) is 3.13. The van der Waals surface area contributed by atoms with Crippen molar-refractivity contribution in [2.45, 2.75) is 59.5 Å². The molecule has 0 bridgehead atoms. The highest BCUT2D eigenvalue weighted by atomic mass is 28.4. The van der Waals surface area contributed by atoms with E-state index in [4.69, 9.17) is 17.7 Å². The van der Waals surface area contributed by atoms with Gasteiger partial charge in [-0.3, -0.25) is 4.74 Å². The van der Waals surface area contributed by atoms with E-state index in [1.165, 1.54) is 0 Å². The third kappa shape index (κ3) is 3.90. The van der Waals surface area contributed by atoms with Gasteiger partial charge in [0.05, 0.1) is 5.56 Å². The maximum absolute atomic E-state index is 12.8. The first-order valence-electron chi connectivity index (χ1n) is 9.61. The van der Waals surface area contributed by atoms with E-state index in [-0.39, 0.29) is 5.84 Å². The van der Waals surface area contributed by atoms with Crippen molar-refractivity contribution >= 4 is 14.9 Å². The molecular weight excluding hydrogens is 380 g/mol. The van der Waals surface area contributed by atoms with Crippen molar-refractivity contribution in [2.75, 3.05) is 19.8 Å². The average molecular weight is 413 g/mol. The molecule has 2 rings (SSSR count). The highest BCUT2D eigenvalue weighted by Crippen LogP contribution is 2.37. The van der Waals surface area contributed by atoms with Crippen LogP contribution in [0.4, 0.5) is 0 Å². The molecule has 1 aliphatic heterocycles. The molecule has 1 aliphatic rings. The van der Waals surface area contributed by atoms with Crippen LogP contribution in [0.15, 0.2) is 24.3 Å². The number of hydrogen-bond donors (Lipinski definition) is 1. The molecule has 0 saturated carbocycles. The van der Waals surface area contributed by atoms with Crippen molar-refractivity contribution < 1.29 is 27.7 Å². The van der Waals surface area contributed by atoms with Crippen molar-refractivity contribution in [3.05, 3.63) is 35.0 Å². The van der Waals surface area contributed by atoms with Gasteiger partial charge in [-0.15, -0.1) is 5.06 Å².